The maximum Gasteiger partial charge on any atom is 0.238 e. The highest BCUT2D eigenvalue weighted by Gasteiger charge is 2.19. The summed E-state index contributed by atoms with van der Waals surface area (Å²) in [6, 6.07) is 7.32. The third kappa shape index (κ3) is 5.19. The maximum atomic E-state index is 11.8. The summed E-state index contributed by atoms with van der Waals surface area (Å²) in [5.74, 6) is 0.664. The number of anilines is 1. The third-order valence-corrected chi connectivity index (χ3v) is 3.41. The molecule has 0 fully saturated rings. The van der Waals surface area contributed by atoms with Crippen LogP contribution in [0, 0.1) is 0 Å². The van der Waals surface area contributed by atoms with Crippen LogP contribution >= 0.6 is 0 Å². The van der Waals surface area contributed by atoms with Crippen molar-refractivity contribution in [3.05, 3.63) is 24.3 Å². The molecule has 0 aliphatic rings. The van der Waals surface area contributed by atoms with Gasteiger partial charge in [-0.05, 0) is 40.1 Å². The van der Waals surface area contributed by atoms with Gasteiger partial charge in [0.05, 0.1) is 13.7 Å². The number of methoxy groups -OCH3 is 1. The number of nitrogens with zero attached hydrogens (tertiary/aromatic N) is 1. The molecule has 0 saturated carbocycles. The van der Waals surface area contributed by atoms with Crippen molar-refractivity contribution < 1.29 is 9.53 Å². The molecule has 0 saturated heterocycles. The molecule has 5 nitrogen and oxygen atoms in total. The number of hydrogen-bond acceptors (Lipinski definition) is 4. The van der Waals surface area contributed by atoms with Crippen molar-refractivity contribution in [2.45, 2.75) is 19.4 Å². The first-order valence-electron chi connectivity index (χ1n) is 6.67. The van der Waals surface area contributed by atoms with Crippen LogP contribution in [-0.2, 0) is 4.79 Å². The second-order valence-corrected chi connectivity index (χ2v) is 5.59. The predicted molar refractivity (Wildman–Crippen MR) is 82.3 cm³/mol. The van der Waals surface area contributed by atoms with Gasteiger partial charge in [-0.25, -0.2) is 0 Å². The van der Waals surface area contributed by atoms with Crippen molar-refractivity contribution in [1.82, 2.24) is 10.2 Å². The van der Waals surface area contributed by atoms with Gasteiger partial charge < -0.3 is 20.3 Å². The van der Waals surface area contributed by atoms with E-state index in [1.165, 1.54) is 0 Å². The summed E-state index contributed by atoms with van der Waals surface area (Å²) in [6.45, 7) is 5.28. The molecule has 0 aliphatic heterocycles. The number of likely N-dealkylation sites (N-methyl/N-ethyl adjacent to an activating group) is 1. The smallest absolute Gasteiger partial charge is 0.238 e. The Balaban J connectivity index is 2.40. The first-order valence-corrected chi connectivity index (χ1v) is 6.67. The summed E-state index contributed by atoms with van der Waals surface area (Å²) in [4.78, 5) is 14.0. The fourth-order valence-corrected chi connectivity index (χ4v) is 1.55. The molecule has 0 radical (unpaired) electrons. The maximum absolute atomic E-state index is 11.8. The minimum Gasteiger partial charge on any atom is -0.497 e. The molecule has 1 aromatic rings. The Morgan fingerprint density at radius 2 is 2.05 bits per heavy atom. The number of nitrogens with one attached hydrogen (secondary N) is 2. The van der Waals surface area contributed by atoms with E-state index in [4.69, 9.17) is 4.74 Å². The highest BCUT2D eigenvalue weighted by atomic mass is 16.5. The summed E-state index contributed by atoms with van der Waals surface area (Å²) in [7, 11) is 5.65. The fourth-order valence-electron chi connectivity index (χ4n) is 1.55. The minimum atomic E-state index is -0.0622. The number of carbonyl (C=O) groups excluding carboxylic acids is 1. The van der Waals surface area contributed by atoms with Gasteiger partial charge in [0.15, 0.2) is 0 Å². The van der Waals surface area contributed by atoms with Crippen molar-refractivity contribution in [3.8, 4) is 5.75 Å². The van der Waals surface area contributed by atoms with Gasteiger partial charge in [0.25, 0.3) is 0 Å². The summed E-state index contributed by atoms with van der Waals surface area (Å²) < 4.78 is 5.12. The molecule has 2 N–H and O–H groups in total. The van der Waals surface area contributed by atoms with Gasteiger partial charge in [-0.2, -0.15) is 0 Å². The fraction of sp³-hybridized carbons (Fsp3) is 0.533. The van der Waals surface area contributed by atoms with Gasteiger partial charge in [-0.1, -0.05) is 6.07 Å². The average Bonchev–Trinajstić information content (AvgIpc) is 2.38. The molecule has 1 rings (SSSR count). The van der Waals surface area contributed by atoms with Crippen LogP contribution in [0.15, 0.2) is 24.3 Å². The van der Waals surface area contributed by atoms with E-state index >= 15 is 0 Å². The molecule has 20 heavy (non-hydrogen) atoms. The monoisotopic (exact) mass is 279 g/mol. The van der Waals surface area contributed by atoms with Gasteiger partial charge >= 0.3 is 0 Å². The first kappa shape index (κ1) is 16.5. The molecule has 0 aromatic heterocycles. The second-order valence-electron chi connectivity index (χ2n) is 5.59. The standard InChI is InChI=1S/C15H25N3O2/c1-15(2,18(3)4)11-16-10-14(19)17-12-7-6-8-13(9-12)20-5/h6-9,16H,10-11H2,1-5H3,(H,17,19). The van der Waals surface area contributed by atoms with Crippen LogP contribution in [-0.4, -0.2) is 50.6 Å². The quantitative estimate of drug-likeness (QED) is 0.795. The lowest BCUT2D eigenvalue weighted by molar-refractivity contribution is -0.115. The van der Waals surface area contributed by atoms with E-state index in [-0.39, 0.29) is 18.0 Å². The largest absolute Gasteiger partial charge is 0.497 e. The summed E-state index contributed by atoms with van der Waals surface area (Å²) in [5, 5.41) is 6.01. The molecule has 0 heterocycles. The highest BCUT2D eigenvalue weighted by molar-refractivity contribution is 5.92. The first-order chi connectivity index (χ1) is 9.35. The van der Waals surface area contributed by atoms with Gasteiger partial charge in [-0.3, -0.25) is 4.79 Å². The van der Waals surface area contributed by atoms with Gasteiger partial charge in [0.2, 0.25) is 5.91 Å². The second kappa shape index (κ2) is 7.26. The Hall–Kier alpha value is -1.59. The van der Waals surface area contributed by atoms with E-state index in [9.17, 15) is 4.79 Å². The van der Waals surface area contributed by atoms with Crippen molar-refractivity contribution in [3.63, 3.8) is 0 Å². The topological polar surface area (TPSA) is 53.6 Å². The number of amides is 1. The lowest BCUT2D eigenvalue weighted by Gasteiger charge is -2.32. The van der Waals surface area contributed by atoms with Crippen LogP contribution in [0.2, 0.25) is 0 Å². The molecule has 1 amide bonds. The number of hydrogen-bond donors (Lipinski definition) is 2. The lowest BCUT2D eigenvalue weighted by atomic mass is 10.0. The van der Waals surface area contributed by atoms with Gasteiger partial charge in [0.1, 0.15) is 5.75 Å². The molecule has 0 unspecified atom stereocenters. The minimum absolute atomic E-state index is 0.0102. The number of carbonyl (C=O) groups is 1. The zero-order valence-corrected chi connectivity index (χ0v) is 13.0. The van der Waals surface area contributed by atoms with Crippen molar-refractivity contribution in [1.29, 1.82) is 0 Å². The van der Waals surface area contributed by atoms with E-state index < -0.39 is 0 Å². The molecule has 0 spiro atoms. The molecule has 1 aromatic carbocycles. The van der Waals surface area contributed by atoms with E-state index in [2.05, 4.69) is 29.4 Å². The van der Waals surface area contributed by atoms with Gasteiger partial charge in [-0.15, -0.1) is 0 Å². The summed E-state index contributed by atoms with van der Waals surface area (Å²) in [5.41, 5.74) is 0.749. The molecular weight excluding hydrogens is 254 g/mol. The molecule has 0 aliphatic carbocycles. The molecule has 0 bridgehead atoms. The molecule has 5 heteroatoms. The van der Waals surface area contributed by atoms with Gasteiger partial charge in [0, 0.05) is 23.8 Å². The van der Waals surface area contributed by atoms with Crippen LogP contribution in [0.25, 0.3) is 0 Å². The summed E-state index contributed by atoms with van der Waals surface area (Å²) in [6.07, 6.45) is 0. The average molecular weight is 279 g/mol. The van der Waals surface area contributed by atoms with Crippen molar-refractivity contribution >= 4 is 11.6 Å². The van der Waals surface area contributed by atoms with Crippen LogP contribution in [0.1, 0.15) is 13.8 Å². The van der Waals surface area contributed by atoms with Crippen LogP contribution < -0.4 is 15.4 Å². The molecular formula is C15H25N3O2. The van der Waals surface area contributed by atoms with E-state index in [1.807, 2.05) is 32.3 Å². The zero-order chi connectivity index (χ0) is 15.2. The van der Waals surface area contributed by atoms with E-state index in [1.54, 1.807) is 13.2 Å². The molecule has 0 atom stereocenters. The Morgan fingerprint density at radius 3 is 2.65 bits per heavy atom. The lowest BCUT2D eigenvalue weighted by Crippen LogP contribution is -2.48. The number of benzene rings is 1. The summed E-state index contributed by atoms with van der Waals surface area (Å²) >= 11 is 0. The SMILES string of the molecule is COc1cccc(NC(=O)CNCC(C)(C)N(C)C)c1. The van der Waals surface area contributed by atoms with Crippen LogP contribution in [0.3, 0.4) is 0 Å². The van der Waals surface area contributed by atoms with E-state index in [0.717, 1.165) is 18.0 Å². The van der Waals surface area contributed by atoms with Crippen LogP contribution in [0.5, 0.6) is 5.75 Å². The van der Waals surface area contributed by atoms with Crippen LogP contribution in [0.4, 0.5) is 5.69 Å². The molecule has 112 valence electrons. The van der Waals surface area contributed by atoms with E-state index in [0.29, 0.717) is 0 Å². The van der Waals surface area contributed by atoms with Crippen molar-refractivity contribution in [2.24, 2.45) is 0 Å². The zero-order valence-electron chi connectivity index (χ0n) is 13.0. The highest BCUT2D eigenvalue weighted by Crippen LogP contribution is 2.16. The Labute approximate surface area is 121 Å². The normalized spacial score (nSPS) is 11.5. The van der Waals surface area contributed by atoms with Crippen molar-refractivity contribution in [2.75, 3.05) is 39.6 Å². The number of ether oxygens (including phenoxy) is 1. The Morgan fingerprint density at radius 1 is 1.35 bits per heavy atom. The predicted octanol–water partition coefficient (Wildman–Crippen LogP) is 1.56. The Kier molecular flexibility index (Phi) is 5.98. The Bertz CT molecular complexity index is 444. The number of rotatable bonds is 7. The third-order valence-electron chi connectivity index (χ3n) is 3.41.